The van der Waals surface area contributed by atoms with Crippen LogP contribution in [0.4, 0.5) is 17.1 Å². The molecule has 1 amide bonds. The second-order valence-electron chi connectivity index (χ2n) is 6.98. The summed E-state index contributed by atoms with van der Waals surface area (Å²) >= 11 is 1.60. The molecule has 148 valence electrons. The molecule has 0 fully saturated rings. The van der Waals surface area contributed by atoms with E-state index in [9.17, 15) is 9.59 Å². The van der Waals surface area contributed by atoms with E-state index in [0.717, 1.165) is 39.7 Å². The molecule has 0 spiro atoms. The summed E-state index contributed by atoms with van der Waals surface area (Å²) < 4.78 is 5.45. The van der Waals surface area contributed by atoms with Crippen molar-refractivity contribution in [3.8, 4) is 5.75 Å². The van der Waals surface area contributed by atoms with E-state index in [0.29, 0.717) is 18.6 Å². The van der Waals surface area contributed by atoms with E-state index in [2.05, 4.69) is 6.07 Å². The predicted molar refractivity (Wildman–Crippen MR) is 114 cm³/mol. The maximum atomic E-state index is 12.9. The van der Waals surface area contributed by atoms with Gasteiger partial charge in [0, 0.05) is 42.4 Å². The third kappa shape index (κ3) is 4.17. The van der Waals surface area contributed by atoms with E-state index in [-0.39, 0.29) is 11.9 Å². The van der Waals surface area contributed by atoms with Gasteiger partial charge in [0.1, 0.15) is 5.75 Å². The second-order valence-corrected chi connectivity index (χ2v) is 8.07. The number of amides is 1. The number of ether oxygens (including phenoxy) is 1. The van der Waals surface area contributed by atoms with Crippen molar-refractivity contribution in [2.24, 2.45) is 0 Å². The standard InChI is InChI=1S/C22H26N2O3S/c1-5-7-21(25)24-17-11-9-15(23(3)4)13-19(17)28-20-14-16(10-12-18(20)24)27-22(26)8-6-2/h9-14H,5-8H2,1-4H3. The zero-order valence-corrected chi connectivity index (χ0v) is 17.6. The number of benzene rings is 2. The summed E-state index contributed by atoms with van der Waals surface area (Å²) in [5.74, 6) is 0.343. The minimum atomic E-state index is -0.238. The molecule has 1 heterocycles. The fraction of sp³-hybridized carbons (Fsp3) is 0.364. The lowest BCUT2D eigenvalue weighted by Crippen LogP contribution is -2.28. The van der Waals surface area contributed by atoms with Crippen LogP contribution < -0.4 is 14.5 Å². The number of rotatable bonds is 6. The lowest BCUT2D eigenvalue weighted by molar-refractivity contribution is -0.134. The van der Waals surface area contributed by atoms with Crippen molar-refractivity contribution in [1.29, 1.82) is 0 Å². The molecule has 0 unspecified atom stereocenters. The van der Waals surface area contributed by atoms with Gasteiger partial charge >= 0.3 is 5.97 Å². The number of carbonyl (C=O) groups is 2. The minimum Gasteiger partial charge on any atom is -0.426 e. The molecule has 1 aliphatic heterocycles. The molecule has 5 nitrogen and oxygen atoms in total. The summed E-state index contributed by atoms with van der Waals surface area (Å²) in [5, 5.41) is 0. The molecule has 0 N–H and O–H groups in total. The smallest absolute Gasteiger partial charge is 0.311 e. The molecule has 0 atom stereocenters. The van der Waals surface area contributed by atoms with Crippen molar-refractivity contribution < 1.29 is 14.3 Å². The molecule has 28 heavy (non-hydrogen) atoms. The zero-order chi connectivity index (χ0) is 20.3. The molecule has 6 heteroatoms. The second kappa shape index (κ2) is 8.69. The van der Waals surface area contributed by atoms with Crippen LogP contribution in [0.25, 0.3) is 0 Å². The first-order valence-electron chi connectivity index (χ1n) is 9.61. The van der Waals surface area contributed by atoms with Crippen LogP contribution in [0.1, 0.15) is 39.5 Å². The van der Waals surface area contributed by atoms with Crippen molar-refractivity contribution in [1.82, 2.24) is 0 Å². The maximum absolute atomic E-state index is 12.9. The fourth-order valence-corrected chi connectivity index (χ4v) is 4.22. The number of carbonyl (C=O) groups excluding carboxylic acids is 2. The average molecular weight is 399 g/mol. The van der Waals surface area contributed by atoms with E-state index in [1.807, 2.05) is 57.1 Å². The summed E-state index contributed by atoms with van der Waals surface area (Å²) in [6, 6.07) is 11.6. The highest BCUT2D eigenvalue weighted by atomic mass is 32.2. The van der Waals surface area contributed by atoms with E-state index in [1.54, 1.807) is 22.7 Å². The summed E-state index contributed by atoms with van der Waals surface area (Å²) in [5.41, 5.74) is 2.81. The Hall–Kier alpha value is -2.47. The van der Waals surface area contributed by atoms with Crippen molar-refractivity contribution in [3.63, 3.8) is 0 Å². The van der Waals surface area contributed by atoms with Crippen LogP contribution in [0.2, 0.25) is 0 Å². The van der Waals surface area contributed by atoms with Crippen LogP contribution in [0, 0.1) is 0 Å². The van der Waals surface area contributed by atoms with Gasteiger partial charge in [-0.05, 0) is 49.2 Å². The molecular weight excluding hydrogens is 372 g/mol. The van der Waals surface area contributed by atoms with Gasteiger partial charge in [-0.15, -0.1) is 0 Å². The van der Waals surface area contributed by atoms with Gasteiger partial charge in [0.25, 0.3) is 0 Å². The van der Waals surface area contributed by atoms with Crippen molar-refractivity contribution in [3.05, 3.63) is 36.4 Å². The Balaban J connectivity index is 2.02. The molecule has 0 aromatic heterocycles. The van der Waals surface area contributed by atoms with Crippen molar-refractivity contribution in [2.75, 3.05) is 23.9 Å². The highest BCUT2D eigenvalue weighted by Gasteiger charge is 2.28. The molecule has 2 aromatic rings. The van der Waals surface area contributed by atoms with Gasteiger partial charge in [-0.1, -0.05) is 25.6 Å². The molecule has 3 rings (SSSR count). The monoisotopic (exact) mass is 398 g/mol. The SMILES string of the molecule is CCCC(=O)Oc1ccc2c(c1)Sc1cc(N(C)C)ccc1N2C(=O)CCC. The molecular formula is C22H26N2O3S. The van der Waals surface area contributed by atoms with E-state index >= 15 is 0 Å². The molecule has 0 saturated heterocycles. The first kappa shape index (κ1) is 20.3. The Morgan fingerprint density at radius 1 is 0.964 bits per heavy atom. The van der Waals surface area contributed by atoms with Gasteiger partial charge in [0.15, 0.2) is 0 Å². The normalized spacial score (nSPS) is 12.2. The predicted octanol–water partition coefficient (Wildman–Crippen LogP) is 5.39. The lowest BCUT2D eigenvalue weighted by Gasteiger charge is -2.32. The highest BCUT2D eigenvalue weighted by Crippen LogP contribution is 2.50. The molecule has 0 saturated carbocycles. The van der Waals surface area contributed by atoms with Crippen LogP contribution in [0.3, 0.4) is 0 Å². The number of nitrogens with zero attached hydrogens (tertiary/aromatic N) is 2. The number of hydrogen-bond donors (Lipinski definition) is 0. The van der Waals surface area contributed by atoms with Gasteiger partial charge < -0.3 is 9.64 Å². The summed E-state index contributed by atoms with van der Waals surface area (Å²) in [4.78, 5) is 30.5. The van der Waals surface area contributed by atoms with Gasteiger partial charge in [0.05, 0.1) is 11.4 Å². The van der Waals surface area contributed by atoms with E-state index in [4.69, 9.17) is 4.74 Å². The third-order valence-corrected chi connectivity index (χ3v) is 5.59. The van der Waals surface area contributed by atoms with Crippen LogP contribution in [-0.4, -0.2) is 26.0 Å². The Morgan fingerprint density at radius 2 is 1.61 bits per heavy atom. The first-order valence-corrected chi connectivity index (χ1v) is 10.4. The van der Waals surface area contributed by atoms with Crippen LogP contribution in [0.5, 0.6) is 5.75 Å². The van der Waals surface area contributed by atoms with E-state index < -0.39 is 0 Å². The highest BCUT2D eigenvalue weighted by molar-refractivity contribution is 7.99. The fourth-order valence-electron chi connectivity index (χ4n) is 3.10. The Morgan fingerprint density at radius 3 is 2.25 bits per heavy atom. The van der Waals surface area contributed by atoms with Crippen molar-refractivity contribution >= 4 is 40.7 Å². The summed E-state index contributed by atoms with van der Waals surface area (Å²) in [6.07, 6.45) is 2.40. The Labute approximate surface area is 170 Å². The first-order chi connectivity index (χ1) is 13.4. The van der Waals surface area contributed by atoms with Crippen molar-refractivity contribution in [2.45, 2.75) is 49.3 Å². The Kier molecular flexibility index (Phi) is 6.29. The molecule has 0 radical (unpaired) electrons. The van der Waals surface area contributed by atoms with Gasteiger partial charge in [0.2, 0.25) is 5.91 Å². The van der Waals surface area contributed by atoms with Crippen LogP contribution in [-0.2, 0) is 9.59 Å². The number of fused-ring (bicyclic) bond motifs is 2. The molecule has 0 aliphatic carbocycles. The summed E-state index contributed by atoms with van der Waals surface area (Å²) in [7, 11) is 3.99. The third-order valence-electron chi connectivity index (χ3n) is 4.49. The number of hydrogen-bond acceptors (Lipinski definition) is 5. The maximum Gasteiger partial charge on any atom is 0.311 e. The number of anilines is 3. The van der Waals surface area contributed by atoms with Crippen LogP contribution in [0.15, 0.2) is 46.2 Å². The topological polar surface area (TPSA) is 49.9 Å². The van der Waals surface area contributed by atoms with Gasteiger partial charge in [-0.3, -0.25) is 14.5 Å². The number of esters is 1. The molecule has 2 aromatic carbocycles. The summed E-state index contributed by atoms with van der Waals surface area (Å²) in [6.45, 7) is 3.95. The lowest BCUT2D eigenvalue weighted by atomic mass is 10.1. The van der Waals surface area contributed by atoms with Gasteiger partial charge in [-0.25, -0.2) is 0 Å². The Bertz CT molecular complexity index is 895. The largest absolute Gasteiger partial charge is 0.426 e. The minimum absolute atomic E-state index is 0.0682. The van der Waals surface area contributed by atoms with Gasteiger partial charge in [-0.2, -0.15) is 0 Å². The van der Waals surface area contributed by atoms with Crippen LogP contribution >= 0.6 is 11.8 Å². The van der Waals surface area contributed by atoms with E-state index in [1.165, 1.54) is 0 Å². The average Bonchev–Trinajstić information content (AvgIpc) is 2.65. The quantitative estimate of drug-likeness (QED) is 0.482. The zero-order valence-electron chi connectivity index (χ0n) is 16.8. The molecule has 0 bridgehead atoms. The molecule has 1 aliphatic rings.